The molecule has 1 aromatic carbocycles. The van der Waals surface area contributed by atoms with Gasteiger partial charge in [0.1, 0.15) is 6.54 Å². The molecule has 0 N–H and O–H groups in total. The number of piperazine rings is 1. The van der Waals surface area contributed by atoms with Crippen LogP contribution in [0.3, 0.4) is 0 Å². The van der Waals surface area contributed by atoms with E-state index in [4.69, 9.17) is 0 Å². The van der Waals surface area contributed by atoms with Crippen LogP contribution in [0.15, 0.2) is 24.3 Å². The molecule has 0 spiro atoms. The predicted molar refractivity (Wildman–Crippen MR) is 99.7 cm³/mol. The minimum atomic E-state index is -0.652. The van der Waals surface area contributed by atoms with Gasteiger partial charge < -0.3 is 9.80 Å². The molecule has 6 nitrogen and oxygen atoms in total. The molecule has 2 aliphatic heterocycles. The molecule has 0 radical (unpaired) electrons. The van der Waals surface area contributed by atoms with Gasteiger partial charge >= 0.3 is 0 Å². The fourth-order valence-electron chi connectivity index (χ4n) is 3.65. The largest absolute Gasteiger partial charge is 0.368 e. The summed E-state index contributed by atoms with van der Waals surface area (Å²) in [6.07, 6.45) is 0.814. The van der Waals surface area contributed by atoms with Crippen molar-refractivity contribution in [3.05, 3.63) is 29.8 Å². The fourth-order valence-corrected chi connectivity index (χ4v) is 3.65. The first kappa shape index (κ1) is 18.4. The highest BCUT2D eigenvalue weighted by Crippen LogP contribution is 2.35. The van der Waals surface area contributed by atoms with Crippen molar-refractivity contribution in [3.63, 3.8) is 0 Å². The molecule has 0 saturated carbocycles. The molecular weight excluding hydrogens is 330 g/mol. The lowest BCUT2D eigenvalue weighted by Crippen LogP contribution is -2.52. The lowest BCUT2D eigenvalue weighted by atomic mass is 9.86. The third-order valence-electron chi connectivity index (χ3n) is 5.68. The molecule has 26 heavy (non-hydrogen) atoms. The van der Waals surface area contributed by atoms with E-state index in [-0.39, 0.29) is 30.7 Å². The average molecular weight is 357 g/mol. The van der Waals surface area contributed by atoms with E-state index in [1.54, 1.807) is 11.8 Å². The summed E-state index contributed by atoms with van der Waals surface area (Å²) in [5.74, 6) is -0.584. The number of carbonyl (C=O) groups excluding carboxylic acids is 3. The molecule has 0 aliphatic carbocycles. The Morgan fingerprint density at radius 3 is 2.42 bits per heavy atom. The van der Waals surface area contributed by atoms with Gasteiger partial charge in [0.25, 0.3) is 0 Å². The van der Waals surface area contributed by atoms with E-state index in [1.165, 1.54) is 11.3 Å². The maximum Gasteiger partial charge on any atom is 0.242 e. The first-order valence-electron chi connectivity index (χ1n) is 9.28. The van der Waals surface area contributed by atoms with Crippen molar-refractivity contribution in [2.75, 3.05) is 37.6 Å². The standard InChI is InChI=1S/C20H27N3O3/c1-4-20(3)13-17(24)23(19(20)26)14-18(25)22-10-8-21(9-11-22)16-7-5-6-15(2)12-16/h5-7,12H,4,8-11,13-14H2,1-3H3. The van der Waals surface area contributed by atoms with E-state index in [9.17, 15) is 14.4 Å². The molecule has 0 bridgehead atoms. The van der Waals surface area contributed by atoms with E-state index in [0.717, 1.165) is 18.0 Å². The number of carbonyl (C=O) groups is 3. The number of benzene rings is 1. The molecule has 0 aromatic heterocycles. The molecule has 3 rings (SSSR count). The van der Waals surface area contributed by atoms with Crippen LogP contribution in [0.4, 0.5) is 5.69 Å². The van der Waals surface area contributed by atoms with Gasteiger partial charge in [-0.1, -0.05) is 26.0 Å². The number of rotatable bonds is 4. The molecular formula is C20H27N3O3. The summed E-state index contributed by atoms with van der Waals surface area (Å²) < 4.78 is 0. The van der Waals surface area contributed by atoms with Crippen LogP contribution in [0.2, 0.25) is 0 Å². The minimum absolute atomic E-state index is 0.127. The van der Waals surface area contributed by atoms with Gasteiger partial charge in [-0.15, -0.1) is 0 Å². The Kier molecular flexibility index (Phi) is 5.03. The quantitative estimate of drug-likeness (QED) is 0.771. The summed E-state index contributed by atoms with van der Waals surface area (Å²) in [6.45, 7) is 8.37. The van der Waals surface area contributed by atoms with Crippen molar-refractivity contribution >= 4 is 23.4 Å². The zero-order chi connectivity index (χ0) is 18.9. The number of imide groups is 1. The van der Waals surface area contributed by atoms with Gasteiger partial charge in [-0.2, -0.15) is 0 Å². The van der Waals surface area contributed by atoms with Crippen LogP contribution in [-0.4, -0.2) is 60.2 Å². The minimum Gasteiger partial charge on any atom is -0.368 e. The monoisotopic (exact) mass is 357 g/mol. The Morgan fingerprint density at radius 2 is 1.85 bits per heavy atom. The highest BCUT2D eigenvalue weighted by atomic mass is 16.2. The fraction of sp³-hybridized carbons (Fsp3) is 0.550. The van der Waals surface area contributed by atoms with Crippen molar-refractivity contribution in [2.24, 2.45) is 5.41 Å². The number of hydrogen-bond donors (Lipinski definition) is 0. The lowest BCUT2D eigenvalue weighted by molar-refractivity contribution is -0.147. The SMILES string of the molecule is CCC1(C)CC(=O)N(CC(=O)N2CCN(c3cccc(C)c3)CC2)C1=O. The second-order valence-corrected chi connectivity index (χ2v) is 7.58. The summed E-state index contributed by atoms with van der Waals surface area (Å²) in [5.41, 5.74) is 1.73. The van der Waals surface area contributed by atoms with Gasteiger partial charge in [-0.3, -0.25) is 19.3 Å². The van der Waals surface area contributed by atoms with Gasteiger partial charge in [0, 0.05) is 38.3 Å². The van der Waals surface area contributed by atoms with Crippen LogP contribution in [0.1, 0.15) is 32.3 Å². The Labute approximate surface area is 154 Å². The second-order valence-electron chi connectivity index (χ2n) is 7.58. The van der Waals surface area contributed by atoms with E-state index in [2.05, 4.69) is 30.0 Å². The van der Waals surface area contributed by atoms with Crippen LogP contribution in [0.5, 0.6) is 0 Å². The summed E-state index contributed by atoms with van der Waals surface area (Å²) >= 11 is 0. The summed E-state index contributed by atoms with van der Waals surface area (Å²) in [6, 6.07) is 8.33. The maximum absolute atomic E-state index is 12.6. The van der Waals surface area contributed by atoms with Crippen molar-refractivity contribution in [3.8, 4) is 0 Å². The molecule has 140 valence electrons. The molecule has 2 heterocycles. The summed E-state index contributed by atoms with van der Waals surface area (Å²) in [4.78, 5) is 42.4. The highest BCUT2D eigenvalue weighted by molar-refractivity contribution is 6.07. The zero-order valence-electron chi connectivity index (χ0n) is 15.8. The summed E-state index contributed by atoms with van der Waals surface area (Å²) in [7, 11) is 0. The molecule has 2 saturated heterocycles. The van der Waals surface area contributed by atoms with E-state index >= 15 is 0 Å². The molecule has 3 amide bonds. The number of hydrogen-bond acceptors (Lipinski definition) is 4. The zero-order valence-corrected chi connectivity index (χ0v) is 15.8. The number of nitrogens with zero attached hydrogens (tertiary/aromatic N) is 3. The van der Waals surface area contributed by atoms with Gasteiger partial charge in [-0.05, 0) is 31.0 Å². The van der Waals surface area contributed by atoms with Crippen LogP contribution in [0, 0.1) is 12.3 Å². The van der Waals surface area contributed by atoms with Gasteiger partial charge in [-0.25, -0.2) is 0 Å². The summed E-state index contributed by atoms with van der Waals surface area (Å²) in [5, 5.41) is 0. The predicted octanol–water partition coefficient (Wildman–Crippen LogP) is 1.82. The van der Waals surface area contributed by atoms with E-state index < -0.39 is 5.41 Å². The first-order chi connectivity index (χ1) is 12.3. The second kappa shape index (κ2) is 7.09. The van der Waals surface area contributed by atoms with Crippen LogP contribution in [-0.2, 0) is 14.4 Å². The van der Waals surface area contributed by atoms with Crippen LogP contribution >= 0.6 is 0 Å². The van der Waals surface area contributed by atoms with Crippen molar-refractivity contribution < 1.29 is 14.4 Å². The molecule has 2 aliphatic rings. The normalized spacial score (nSPS) is 23.7. The number of amides is 3. The Morgan fingerprint density at radius 1 is 1.15 bits per heavy atom. The number of anilines is 1. The van der Waals surface area contributed by atoms with Gasteiger partial charge in [0.2, 0.25) is 17.7 Å². The van der Waals surface area contributed by atoms with Crippen molar-refractivity contribution in [2.45, 2.75) is 33.6 Å². The topological polar surface area (TPSA) is 60.9 Å². The van der Waals surface area contributed by atoms with Gasteiger partial charge in [0.05, 0.1) is 5.41 Å². The smallest absolute Gasteiger partial charge is 0.242 e. The number of likely N-dealkylation sites (tertiary alicyclic amines) is 1. The molecule has 2 fully saturated rings. The first-order valence-corrected chi connectivity index (χ1v) is 9.28. The van der Waals surface area contributed by atoms with Crippen molar-refractivity contribution in [1.82, 2.24) is 9.80 Å². The third kappa shape index (κ3) is 3.45. The van der Waals surface area contributed by atoms with Crippen LogP contribution < -0.4 is 4.90 Å². The Balaban J connectivity index is 1.57. The molecule has 1 unspecified atom stereocenters. The van der Waals surface area contributed by atoms with E-state index in [0.29, 0.717) is 19.5 Å². The lowest BCUT2D eigenvalue weighted by Gasteiger charge is -2.36. The maximum atomic E-state index is 12.6. The molecule has 1 aromatic rings. The Hall–Kier alpha value is -2.37. The average Bonchev–Trinajstić information content (AvgIpc) is 2.85. The highest BCUT2D eigenvalue weighted by Gasteiger charge is 2.47. The molecule has 6 heteroatoms. The third-order valence-corrected chi connectivity index (χ3v) is 5.68. The van der Waals surface area contributed by atoms with E-state index in [1.807, 2.05) is 13.0 Å². The Bertz CT molecular complexity index is 725. The molecule has 1 atom stereocenters. The van der Waals surface area contributed by atoms with Crippen LogP contribution in [0.25, 0.3) is 0 Å². The van der Waals surface area contributed by atoms with Gasteiger partial charge in [0.15, 0.2) is 0 Å². The number of aryl methyl sites for hydroxylation is 1. The van der Waals surface area contributed by atoms with Crippen molar-refractivity contribution in [1.29, 1.82) is 0 Å².